The van der Waals surface area contributed by atoms with Crippen molar-refractivity contribution in [3.63, 3.8) is 0 Å². The maximum absolute atomic E-state index is 12.7. The Bertz CT molecular complexity index is 763. The first-order valence-electron chi connectivity index (χ1n) is 6.21. The van der Waals surface area contributed by atoms with Crippen LogP contribution < -0.4 is 4.31 Å². The van der Waals surface area contributed by atoms with Crippen molar-refractivity contribution in [2.24, 2.45) is 0 Å². The summed E-state index contributed by atoms with van der Waals surface area (Å²) in [7, 11) is -3.78. The van der Waals surface area contributed by atoms with E-state index >= 15 is 0 Å². The molecule has 104 valence electrons. The van der Waals surface area contributed by atoms with Gasteiger partial charge in [-0.1, -0.05) is 18.2 Å². The summed E-state index contributed by atoms with van der Waals surface area (Å²) in [6.07, 6.45) is 1.15. The Morgan fingerprint density at radius 2 is 2.00 bits per heavy atom. The second kappa shape index (κ2) is 4.49. The summed E-state index contributed by atoms with van der Waals surface area (Å²) >= 11 is 0. The zero-order valence-electron chi connectivity index (χ0n) is 10.8. The van der Waals surface area contributed by atoms with E-state index in [4.69, 9.17) is 4.42 Å². The van der Waals surface area contributed by atoms with E-state index < -0.39 is 10.0 Å². The van der Waals surface area contributed by atoms with E-state index in [9.17, 15) is 13.2 Å². The molecule has 1 aliphatic heterocycles. The van der Waals surface area contributed by atoms with Crippen molar-refractivity contribution in [3.8, 4) is 0 Å². The monoisotopic (exact) mass is 291 g/mol. The smallest absolute Gasteiger partial charge is 0.298 e. The third-order valence-corrected chi connectivity index (χ3v) is 5.18. The SMILES string of the molecule is CC1Cc2ccccc2N1S(=O)(=O)c1ccc(C=O)o1. The number of furan rings is 1. The van der Waals surface area contributed by atoms with Crippen LogP contribution in [0.15, 0.2) is 45.9 Å². The Kier molecular flexibility index (Phi) is 2.90. The van der Waals surface area contributed by atoms with Crippen LogP contribution in [0.5, 0.6) is 0 Å². The Morgan fingerprint density at radius 1 is 1.25 bits per heavy atom. The lowest BCUT2D eigenvalue weighted by molar-refractivity contribution is 0.109. The second-order valence-corrected chi connectivity index (χ2v) is 6.50. The molecule has 0 fully saturated rings. The topological polar surface area (TPSA) is 67.6 Å². The average molecular weight is 291 g/mol. The van der Waals surface area contributed by atoms with Crippen molar-refractivity contribution in [3.05, 3.63) is 47.7 Å². The van der Waals surface area contributed by atoms with E-state index in [1.165, 1.54) is 16.4 Å². The molecule has 0 N–H and O–H groups in total. The number of fused-ring (bicyclic) bond motifs is 1. The fourth-order valence-electron chi connectivity index (χ4n) is 2.54. The van der Waals surface area contributed by atoms with Gasteiger partial charge >= 0.3 is 0 Å². The predicted octanol–water partition coefficient (Wildman–Crippen LogP) is 2.23. The molecule has 5 nitrogen and oxygen atoms in total. The van der Waals surface area contributed by atoms with Gasteiger partial charge in [-0.15, -0.1) is 0 Å². The Balaban J connectivity index is 2.10. The average Bonchev–Trinajstić information content (AvgIpc) is 3.01. The van der Waals surface area contributed by atoms with Crippen molar-refractivity contribution in [1.29, 1.82) is 0 Å². The lowest BCUT2D eigenvalue weighted by Crippen LogP contribution is -2.35. The summed E-state index contributed by atoms with van der Waals surface area (Å²) in [6, 6.07) is 9.87. The first-order valence-corrected chi connectivity index (χ1v) is 7.65. The molecule has 2 aromatic rings. The normalized spacial score (nSPS) is 18.1. The van der Waals surface area contributed by atoms with Crippen molar-refractivity contribution in [1.82, 2.24) is 0 Å². The number of benzene rings is 1. The van der Waals surface area contributed by atoms with Crippen LogP contribution in [-0.2, 0) is 16.4 Å². The third kappa shape index (κ3) is 1.84. The van der Waals surface area contributed by atoms with Gasteiger partial charge < -0.3 is 4.42 Å². The number of aldehydes is 1. The molecule has 0 aliphatic carbocycles. The minimum atomic E-state index is -3.78. The highest BCUT2D eigenvalue weighted by Crippen LogP contribution is 2.36. The number of para-hydroxylation sites is 1. The number of hydrogen-bond acceptors (Lipinski definition) is 4. The quantitative estimate of drug-likeness (QED) is 0.813. The van der Waals surface area contributed by atoms with Gasteiger partial charge in [-0.3, -0.25) is 9.10 Å². The number of nitrogens with zero attached hydrogens (tertiary/aromatic N) is 1. The third-order valence-electron chi connectivity index (χ3n) is 3.38. The standard InChI is InChI=1S/C14H13NO4S/c1-10-8-11-4-2-3-5-13(11)15(10)20(17,18)14-7-6-12(9-16)19-14/h2-7,9-10H,8H2,1H3. The van der Waals surface area contributed by atoms with E-state index in [1.807, 2.05) is 19.1 Å². The molecular weight excluding hydrogens is 278 g/mol. The van der Waals surface area contributed by atoms with Gasteiger partial charge in [0, 0.05) is 6.04 Å². The van der Waals surface area contributed by atoms with Gasteiger partial charge in [0.25, 0.3) is 10.0 Å². The van der Waals surface area contributed by atoms with E-state index in [-0.39, 0.29) is 16.9 Å². The summed E-state index contributed by atoms with van der Waals surface area (Å²) in [4.78, 5) is 10.6. The lowest BCUT2D eigenvalue weighted by atomic mass is 10.1. The summed E-state index contributed by atoms with van der Waals surface area (Å²) in [5.74, 6) is 0.00344. The van der Waals surface area contributed by atoms with Gasteiger partial charge in [0.2, 0.25) is 5.09 Å². The van der Waals surface area contributed by atoms with Gasteiger partial charge in [-0.25, -0.2) is 0 Å². The maximum Gasteiger partial charge on any atom is 0.298 e. The molecule has 2 heterocycles. The van der Waals surface area contributed by atoms with Crippen LogP contribution in [0.2, 0.25) is 0 Å². The number of sulfonamides is 1. The molecule has 0 amide bonds. The molecule has 6 heteroatoms. The molecule has 0 saturated carbocycles. The summed E-state index contributed by atoms with van der Waals surface area (Å²) in [5.41, 5.74) is 1.66. The molecule has 0 saturated heterocycles. The first-order chi connectivity index (χ1) is 9.54. The van der Waals surface area contributed by atoms with E-state index in [2.05, 4.69) is 0 Å². The molecule has 1 aromatic carbocycles. The van der Waals surface area contributed by atoms with Gasteiger partial charge in [-0.05, 0) is 37.1 Å². The van der Waals surface area contributed by atoms with E-state index in [1.54, 1.807) is 12.1 Å². The first kappa shape index (κ1) is 12.9. The van der Waals surface area contributed by atoms with Gasteiger partial charge in [0.05, 0.1) is 5.69 Å². The Labute approximate surface area is 116 Å². The molecule has 0 spiro atoms. The van der Waals surface area contributed by atoms with Gasteiger partial charge in [0.15, 0.2) is 12.0 Å². The van der Waals surface area contributed by atoms with Crippen molar-refractivity contribution in [2.45, 2.75) is 24.5 Å². The molecule has 1 aliphatic rings. The number of rotatable bonds is 3. The molecule has 1 unspecified atom stereocenters. The number of carbonyl (C=O) groups excluding carboxylic acids is 1. The van der Waals surface area contributed by atoms with Crippen LogP contribution in [0.1, 0.15) is 23.0 Å². The zero-order valence-corrected chi connectivity index (χ0v) is 11.6. The van der Waals surface area contributed by atoms with E-state index in [0.717, 1.165) is 5.56 Å². The number of carbonyl (C=O) groups is 1. The fourth-order valence-corrected chi connectivity index (χ4v) is 4.16. The minimum Gasteiger partial charge on any atom is -0.440 e. The molecule has 1 atom stereocenters. The van der Waals surface area contributed by atoms with Gasteiger partial charge in [0.1, 0.15) is 0 Å². The molecule has 3 rings (SSSR count). The van der Waals surface area contributed by atoms with Crippen LogP contribution in [0.4, 0.5) is 5.69 Å². The molecule has 20 heavy (non-hydrogen) atoms. The second-order valence-electron chi connectivity index (χ2n) is 4.76. The van der Waals surface area contributed by atoms with Crippen LogP contribution in [0, 0.1) is 0 Å². The Morgan fingerprint density at radius 3 is 2.70 bits per heavy atom. The van der Waals surface area contributed by atoms with Crippen molar-refractivity contribution in [2.75, 3.05) is 4.31 Å². The Hall–Kier alpha value is -2.08. The highest BCUT2D eigenvalue weighted by Gasteiger charge is 2.37. The predicted molar refractivity (Wildman–Crippen MR) is 73.4 cm³/mol. The molecule has 0 bridgehead atoms. The number of anilines is 1. The van der Waals surface area contributed by atoms with Crippen molar-refractivity contribution < 1.29 is 17.6 Å². The van der Waals surface area contributed by atoms with Crippen LogP contribution >= 0.6 is 0 Å². The van der Waals surface area contributed by atoms with Crippen molar-refractivity contribution >= 4 is 22.0 Å². The largest absolute Gasteiger partial charge is 0.440 e. The van der Waals surface area contributed by atoms with Crippen LogP contribution in [0.25, 0.3) is 0 Å². The lowest BCUT2D eigenvalue weighted by Gasteiger charge is -2.22. The number of hydrogen-bond donors (Lipinski definition) is 0. The molecule has 1 aromatic heterocycles. The summed E-state index contributed by atoms with van der Waals surface area (Å²) < 4.78 is 31.7. The minimum absolute atomic E-state index is 0.00344. The van der Waals surface area contributed by atoms with Crippen LogP contribution in [0.3, 0.4) is 0 Å². The summed E-state index contributed by atoms with van der Waals surface area (Å²) in [6.45, 7) is 1.85. The highest BCUT2D eigenvalue weighted by molar-refractivity contribution is 7.92. The highest BCUT2D eigenvalue weighted by atomic mass is 32.2. The van der Waals surface area contributed by atoms with Crippen LogP contribution in [-0.4, -0.2) is 20.7 Å². The summed E-state index contributed by atoms with van der Waals surface area (Å²) in [5, 5.41) is -0.205. The fraction of sp³-hybridized carbons (Fsp3) is 0.214. The van der Waals surface area contributed by atoms with E-state index in [0.29, 0.717) is 18.4 Å². The van der Waals surface area contributed by atoms with Gasteiger partial charge in [-0.2, -0.15) is 8.42 Å². The molecular formula is C14H13NO4S. The zero-order chi connectivity index (χ0) is 14.3. The maximum atomic E-state index is 12.7. The molecule has 0 radical (unpaired) electrons.